The Hall–Kier alpha value is -5.68. The summed E-state index contributed by atoms with van der Waals surface area (Å²) < 4.78 is 14.2. The highest BCUT2D eigenvalue weighted by Gasteiger charge is 2.50. The van der Waals surface area contributed by atoms with Crippen molar-refractivity contribution in [1.29, 1.82) is 0 Å². The first-order chi connectivity index (χ1) is 29.7. The van der Waals surface area contributed by atoms with Crippen LogP contribution in [0.1, 0.15) is 166 Å². The van der Waals surface area contributed by atoms with Crippen molar-refractivity contribution in [3.63, 3.8) is 0 Å². The normalized spacial score (nSPS) is 18.8. The third-order valence-electron chi connectivity index (χ3n) is 14.0. The van der Waals surface area contributed by atoms with E-state index in [0.717, 1.165) is 39.8 Å². The smallest absolute Gasteiger partial charge is 0.217 e. The second kappa shape index (κ2) is 14.4. The van der Waals surface area contributed by atoms with Gasteiger partial charge in [-0.15, -0.1) is 0 Å². The lowest BCUT2D eigenvalue weighted by Gasteiger charge is -2.42. The van der Waals surface area contributed by atoms with E-state index in [2.05, 4.69) is 219 Å². The zero-order valence-corrected chi connectivity index (χ0v) is 41.1. The van der Waals surface area contributed by atoms with Crippen LogP contribution in [0.15, 0.2) is 114 Å². The highest BCUT2D eigenvalue weighted by molar-refractivity contribution is 5.98. The molecule has 9 rings (SSSR count). The van der Waals surface area contributed by atoms with Gasteiger partial charge in [0.1, 0.15) is 22.9 Å². The minimum absolute atomic E-state index is 0.00334. The van der Waals surface area contributed by atoms with Crippen molar-refractivity contribution < 1.29 is 9.47 Å². The van der Waals surface area contributed by atoms with E-state index in [9.17, 15) is 0 Å². The van der Waals surface area contributed by atoms with Crippen LogP contribution >= 0.6 is 0 Å². The molecule has 0 saturated carbocycles. The SMILES string of the molecule is Cc1ccc2c(c1)C(C)(C)c1ccc(Oc3cc(C4=N[C@]5(C)c6ccc(C(C)(C)C)cc6-c6cc(C(C)(C)C)ccc6[C@@H]5O4)cc(C(C)(C)C)c3)cc1N2c1cc(C(C)(C)C)ccn1. The largest absolute Gasteiger partial charge is 0.466 e. The first-order valence-corrected chi connectivity index (χ1v) is 23.2. The quantitative estimate of drug-likeness (QED) is 0.177. The molecule has 0 bridgehead atoms. The number of benzene rings is 5. The molecular weight excluding hydrogens is 783 g/mol. The Kier molecular flexibility index (Phi) is 9.81. The van der Waals surface area contributed by atoms with Crippen LogP contribution in [0.2, 0.25) is 0 Å². The van der Waals surface area contributed by atoms with Crippen molar-refractivity contribution in [2.24, 2.45) is 4.99 Å². The van der Waals surface area contributed by atoms with Crippen LogP contribution in [0.4, 0.5) is 17.2 Å². The van der Waals surface area contributed by atoms with Crippen LogP contribution in [-0.2, 0) is 37.4 Å². The van der Waals surface area contributed by atoms with Gasteiger partial charge in [-0.1, -0.05) is 157 Å². The van der Waals surface area contributed by atoms with E-state index in [1.165, 1.54) is 55.6 Å². The summed E-state index contributed by atoms with van der Waals surface area (Å²) >= 11 is 0. The van der Waals surface area contributed by atoms with Gasteiger partial charge >= 0.3 is 0 Å². The van der Waals surface area contributed by atoms with Crippen LogP contribution in [0.5, 0.6) is 11.5 Å². The molecule has 0 amide bonds. The summed E-state index contributed by atoms with van der Waals surface area (Å²) in [6, 6.07) is 38.2. The monoisotopic (exact) mass is 850 g/mol. The van der Waals surface area contributed by atoms with E-state index in [4.69, 9.17) is 19.5 Å². The van der Waals surface area contributed by atoms with Gasteiger partial charge in [-0.25, -0.2) is 9.98 Å². The van der Waals surface area contributed by atoms with E-state index < -0.39 is 5.54 Å². The average Bonchev–Trinajstić information content (AvgIpc) is 3.58. The van der Waals surface area contributed by atoms with Crippen molar-refractivity contribution in [2.75, 3.05) is 4.90 Å². The number of fused-ring (bicyclic) bond motifs is 8. The molecule has 0 radical (unpaired) electrons. The number of ether oxygens (including phenoxy) is 2. The molecule has 0 fully saturated rings. The third kappa shape index (κ3) is 7.33. The van der Waals surface area contributed by atoms with Crippen LogP contribution < -0.4 is 9.64 Å². The molecule has 0 N–H and O–H groups in total. The van der Waals surface area contributed by atoms with Crippen molar-refractivity contribution in [2.45, 2.75) is 149 Å². The lowest BCUT2D eigenvalue weighted by Crippen LogP contribution is -2.31. The minimum Gasteiger partial charge on any atom is -0.466 e. The Morgan fingerprint density at radius 2 is 1.17 bits per heavy atom. The number of anilines is 3. The molecule has 3 heterocycles. The number of aliphatic imine (C=N–C) groups is 1. The highest BCUT2D eigenvalue weighted by Crippen LogP contribution is 2.57. The van der Waals surface area contributed by atoms with Gasteiger partial charge in [0.05, 0.1) is 11.4 Å². The van der Waals surface area contributed by atoms with Gasteiger partial charge < -0.3 is 9.47 Å². The molecule has 0 spiro atoms. The second-order valence-electron chi connectivity index (χ2n) is 23.5. The fourth-order valence-electron chi connectivity index (χ4n) is 9.90. The lowest BCUT2D eigenvalue weighted by molar-refractivity contribution is 0.145. The van der Waals surface area contributed by atoms with Gasteiger partial charge in [0.15, 0.2) is 6.10 Å². The molecule has 5 nitrogen and oxygen atoms in total. The summed E-state index contributed by atoms with van der Waals surface area (Å²) in [5.74, 6) is 3.02. The summed E-state index contributed by atoms with van der Waals surface area (Å²) in [6.45, 7) is 36.3. The van der Waals surface area contributed by atoms with E-state index in [-0.39, 0.29) is 33.2 Å². The lowest BCUT2D eigenvalue weighted by atomic mass is 9.70. The molecule has 3 aliphatic rings. The fourth-order valence-corrected chi connectivity index (χ4v) is 9.90. The molecular formula is C59H67N3O2. The molecule has 5 aromatic carbocycles. The zero-order valence-electron chi connectivity index (χ0n) is 41.1. The molecule has 6 aromatic rings. The van der Waals surface area contributed by atoms with E-state index in [1.807, 2.05) is 6.20 Å². The second-order valence-corrected chi connectivity index (χ2v) is 23.5. The average molecular weight is 850 g/mol. The summed E-state index contributed by atoms with van der Waals surface area (Å²) in [5.41, 5.74) is 15.6. The number of pyridine rings is 1. The van der Waals surface area contributed by atoms with Crippen LogP contribution in [0, 0.1) is 6.92 Å². The topological polar surface area (TPSA) is 47.0 Å². The summed E-state index contributed by atoms with van der Waals surface area (Å²) in [5, 5.41) is 0. The molecule has 0 unspecified atom stereocenters. The van der Waals surface area contributed by atoms with Gasteiger partial charge in [-0.3, -0.25) is 4.90 Å². The Balaban J connectivity index is 1.15. The predicted molar refractivity (Wildman–Crippen MR) is 267 cm³/mol. The first-order valence-electron chi connectivity index (χ1n) is 23.2. The Morgan fingerprint density at radius 3 is 1.84 bits per heavy atom. The van der Waals surface area contributed by atoms with Gasteiger partial charge in [-0.05, 0) is 128 Å². The summed E-state index contributed by atoms with van der Waals surface area (Å²) in [4.78, 5) is 12.9. The first kappa shape index (κ1) is 43.6. The molecule has 0 saturated heterocycles. The zero-order chi connectivity index (χ0) is 46.1. The number of aryl methyl sites for hydroxylation is 1. The molecule has 2 atom stereocenters. The molecule has 5 heteroatoms. The Bertz CT molecular complexity index is 2890. The Labute approximate surface area is 383 Å². The maximum absolute atomic E-state index is 7.15. The van der Waals surface area contributed by atoms with Gasteiger partial charge in [0.2, 0.25) is 5.90 Å². The number of nitrogens with zero attached hydrogens (tertiary/aromatic N) is 3. The predicted octanol–water partition coefficient (Wildman–Crippen LogP) is 15.9. The fraction of sp³-hybridized carbons (Fsp3) is 0.390. The maximum atomic E-state index is 7.15. The third-order valence-corrected chi connectivity index (χ3v) is 14.0. The van der Waals surface area contributed by atoms with E-state index in [0.29, 0.717) is 5.90 Å². The van der Waals surface area contributed by atoms with E-state index >= 15 is 0 Å². The number of aromatic nitrogens is 1. The van der Waals surface area contributed by atoms with Gasteiger partial charge in [-0.2, -0.15) is 0 Å². The molecule has 330 valence electrons. The molecule has 64 heavy (non-hydrogen) atoms. The van der Waals surface area contributed by atoms with Crippen LogP contribution in [0.3, 0.4) is 0 Å². The van der Waals surface area contributed by atoms with Crippen LogP contribution in [0.25, 0.3) is 11.1 Å². The van der Waals surface area contributed by atoms with Gasteiger partial charge in [0.25, 0.3) is 0 Å². The van der Waals surface area contributed by atoms with Crippen LogP contribution in [-0.4, -0.2) is 10.9 Å². The number of rotatable bonds is 4. The van der Waals surface area contributed by atoms with Crippen molar-refractivity contribution in [3.8, 4) is 22.6 Å². The minimum atomic E-state index is -0.627. The number of hydrogen-bond donors (Lipinski definition) is 0. The summed E-state index contributed by atoms with van der Waals surface area (Å²) in [7, 11) is 0. The highest BCUT2D eigenvalue weighted by atomic mass is 16.5. The van der Waals surface area contributed by atoms with Crippen molar-refractivity contribution in [1.82, 2.24) is 4.98 Å². The van der Waals surface area contributed by atoms with Crippen molar-refractivity contribution in [3.05, 3.63) is 165 Å². The van der Waals surface area contributed by atoms with E-state index in [1.54, 1.807) is 0 Å². The summed E-state index contributed by atoms with van der Waals surface area (Å²) in [6.07, 6.45) is 1.66. The Morgan fingerprint density at radius 1 is 0.547 bits per heavy atom. The standard InChI is InChI=1S/C59H67N3O2/c1-35-17-24-49-48(27-35)58(14,15)47-23-20-41(34-50(47)62(49)51-33-39(25-26-60-51)56(8,9)10)63-42-29-36(28-40(30-42)57(11,12)13)53-61-59(16)46-22-19-38(55(5,6)7)32-45(46)44-31-37(54(2,3)4)18-21-43(44)52(59)64-53/h17-34,52H,1-16H3/t52-,59+/m0/s1. The van der Waals surface area contributed by atoms with Gasteiger partial charge in [0, 0.05) is 28.8 Å². The van der Waals surface area contributed by atoms with Crippen molar-refractivity contribution >= 4 is 23.1 Å². The molecule has 1 aromatic heterocycles. The number of hydrogen-bond acceptors (Lipinski definition) is 5. The maximum Gasteiger partial charge on any atom is 0.217 e. The molecule has 2 aliphatic heterocycles. The molecule has 1 aliphatic carbocycles.